The molecule has 0 aromatic heterocycles. The largest absolute Gasteiger partial charge is 0.393 e. The minimum Gasteiger partial charge on any atom is -0.393 e. The van der Waals surface area contributed by atoms with Gasteiger partial charge in [0.05, 0.1) is 25.4 Å². The summed E-state index contributed by atoms with van der Waals surface area (Å²) in [5.74, 6) is 2.18. The lowest BCUT2D eigenvalue weighted by molar-refractivity contribution is -0.0638. The van der Waals surface area contributed by atoms with Crippen LogP contribution in [-0.2, 0) is 4.74 Å². The van der Waals surface area contributed by atoms with Crippen LogP contribution >= 0.6 is 0 Å². The summed E-state index contributed by atoms with van der Waals surface area (Å²) in [6.07, 6.45) is 12.3. The molecule has 4 nitrogen and oxygen atoms in total. The van der Waals surface area contributed by atoms with Crippen LogP contribution in [0.15, 0.2) is 23.3 Å². The van der Waals surface area contributed by atoms with E-state index in [1.807, 2.05) is 0 Å². The molecule has 1 saturated heterocycles. The fourth-order valence-electron chi connectivity index (χ4n) is 7.45. The van der Waals surface area contributed by atoms with Gasteiger partial charge in [-0.25, -0.2) is 0 Å². The molecule has 4 aliphatic rings. The van der Waals surface area contributed by atoms with Crippen molar-refractivity contribution < 1.29 is 14.9 Å². The second-order valence-electron chi connectivity index (χ2n) is 11.9. The number of aliphatic hydroxyl groups excluding tert-OH is 2. The molecule has 1 heterocycles. The van der Waals surface area contributed by atoms with Gasteiger partial charge < -0.3 is 14.9 Å². The van der Waals surface area contributed by atoms with E-state index in [1.54, 1.807) is 5.57 Å². The first-order valence-electron chi connectivity index (χ1n) is 12.8. The van der Waals surface area contributed by atoms with Gasteiger partial charge in [-0.1, -0.05) is 37.1 Å². The van der Waals surface area contributed by atoms with Gasteiger partial charge in [0.15, 0.2) is 0 Å². The fraction of sp³-hybridized carbons (Fsp3) is 0.852. The van der Waals surface area contributed by atoms with Gasteiger partial charge >= 0.3 is 0 Å². The molecule has 4 heteroatoms. The Morgan fingerprint density at radius 1 is 1.13 bits per heavy atom. The van der Waals surface area contributed by atoms with E-state index in [9.17, 15) is 10.2 Å². The Balaban J connectivity index is 1.46. The first-order valence-corrected chi connectivity index (χ1v) is 12.8. The van der Waals surface area contributed by atoms with Crippen LogP contribution in [0.1, 0.15) is 79.1 Å². The number of ether oxygens (including phenoxy) is 1. The van der Waals surface area contributed by atoms with Crippen molar-refractivity contribution in [3.8, 4) is 0 Å². The minimum atomic E-state index is -0.383. The summed E-state index contributed by atoms with van der Waals surface area (Å²) in [5.41, 5.74) is 3.38. The Morgan fingerprint density at radius 3 is 2.58 bits per heavy atom. The second kappa shape index (κ2) is 9.29. The summed E-state index contributed by atoms with van der Waals surface area (Å²) in [5, 5.41) is 20.0. The molecule has 0 aromatic carbocycles. The van der Waals surface area contributed by atoms with Crippen LogP contribution in [0.4, 0.5) is 0 Å². The van der Waals surface area contributed by atoms with E-state index in [2.05, 4.69) is 44.7 Å². The molecule has 176 valence electrons. The van der Waals surface area contributed by atoms with Gasteiger partial charge in [0.2, 0.25) is 0 Å². The molecule has 0 bridgehead atoms. The molecule has 31 heavy (non-hydrogen) atoms. The van der Waals surface area contributed by atoms with Crippen molar-refractivity contribution >= 4 is 0 Å². The number of hydrogen-bond acceptors (Lipinski definition) is 4. The first kappa shape index (κ1) is 23.5. The van der Waals surface area contributed by atoms with Gasteiger partial charge in [-0.3, -0.25) is 4.90 Å². The molecule has 0 amide bonds. The third kappa shape index (κ3) is 4.98. The van der Waals surface area contributed by atoms with Crippen molar-refractivity contribution in [2.45, 2.75) is 96.8 Å². The predicted octanol–water partition coefficient (Wildman–Crippen LogP) is 4.71. The topological polar surface area (TPSA) is 52.9 Å². The third-order valence-corrected chi connectivity index (χ3v) is 9.12. The summed E-state index contributed by atoms with van der Waals surface area (Å²) in [6.45, 7) is 13.7. The maximum absolute atomic E-state index is 10.0. The van der Waals surface area contributed by atoms with Crippen LogP contribution in [0.5, 0.6) is 0 Å². The van der Waals surface area contributed by atoms with E-state index in [0.717, 1.165) is 38.5 Å². The molecule has 4 rings (SSSR count). The summed E-state index contributed by atoms with van der Waals surface area (Å²) < 4.78 is 5.75. The van der Waals surface area contributed by atoms with Gasteiger partial charge in [0.1, 0.15) is 0 Å². The third-order valence-electron chi connectivity index (χ3n) is 9.12. The molecule has 2 unspecified atom stereocenters. The van der Waals surface area contributed by atoms with Gasteiger partial charge in [-0.15, -0.1) is 0 Å². The molecule has 6 atom stereocenters. The lowest BCUT2D eigenvalue weighted by Gasteiger charge is -2.48. The lowest BCUT2D eigenvalue weighted by atomic mass is 9.61. The number of allylic oxidation sites excluding steroid dienone is 3. The average Bonchev–Trinajstić information content (AvgIpc) is 3.05. The van der Waals surface area contributed by atoms with Crippen molar-refractivity contribution in [1.82, 2.24) is 4.90 Å². The van der Waals surface area contributed by atoms with Crippen LogP contribution in [0.25, 0.3) is 0 Å². The molecule has 2 N–H and O–H groups in total. The Bertz CT molecular complexity index is 687. The zero-order chi connectivity index (χ0) is 22.2. The number of nitrogens with zero attached hydrogens (tertiary/aromatic N) is 1. The highest BCUT2D eigenvalue weighted by Crippen LogP contribution is 2.59. The molecule has 3 aliphatic carbocycles. The predicted molar refractivity (Wildman–Crippen MR) is 126 cm³/mol. The monoisotopic (exact) mass is 431 g/mol. The zero-order valence-electron chi connectivity index (χ0n) is 20.3. The van der Waals surface area contributed by atoms with Crippen LogP contribution in [0.2, 0.25) is 0 Å². The van der Waals surface area contributed by atoms with Crippen LogP contribution in [0.3, 0.4) is 0 Å². The highest BCUT2D eigenvalue weighted by Gasteiger charge is 2.51. The van der Waals surface area contributed by atoms with Gasteiger partial charge in [-0.2, -0.15) is 0 Å². The van der Waals surface area contributed by atoms with Crippen LogP contribution < -0.4 is 0 Å². The molecule has 1 aliphatic heterocycles. The lowest BCUT2D eigenvalue weighted by Crippen LogP contribution is -2.55. The maximum atomic E-state index is 10.0. The first-order chi connectivity index (χ1) is 14.7. The van der Waals surface area contributed by atoms with E-state index >= 15 is 0 Å². The van der Waals surface area contributed by atoms with E-state index in [0.29, 0.717) is 23.7 Å². The highest BCUT2D eigenvalue weighted by molar-refractivity contribution is 5.26. The normalized spacial score (nSPS) is 41.2. The Labute approximate surface area is 189 Å². The Kier molecular flexibility index (Phi) is 7.03. The smallest absolute Gasteiger partial charge is 0.0645 e. The summed E-state index contributed by atoms with van der Waals surface area (Å²) >= 11 is 0. The van der Waals surface area contributed by atoms with Crippen molar-refractivity contribution in [3.63, 3.8) is 0 Å². The zero-order valence-corrected chi connectivity index (χ0v) is 20.3. The quantitative estimate of drug-likeness (QED) is 0.677. The van der Waals surface area contributed by atoms with Crippen LogP contribution in [0, 0.1) is 23.2 Å². The minimum absolute atomic E-state index is 0.143. The van der Waals surface area contributed by atoms with E-state index in [4.69, 9.17) is 4.74 Å². The molecule has 0 aromatic rings. The Hall–Kier alpha value is -0.680. The van der Waals surface area contributed by atoms with Crippen molar-refractivity contribution in [1.29, 1.82) is 0 Å². The van der Waals surface area contributed by atoms with E-state index in [-0.39, 0.29) is 17.7 Å². The molecule has 3 saturated carbocycles. The fourth-order valence-corrected chi connectivity index (χ4v) is 7.45. The van der Waals surface area contributed by atoms with Gasteiger partial charge in [0.25, 0.3) is 0 Å². The van der Waals surface area contributed by atoms with Gasteiger partial charge in [0, 0.05) is 18.6 Å². The van der Waals surface area contributed by atoms with Crippen molar-refractivity contribution in [2.75, 3.05) is 26.3 Å². The van der Waals surface area contributed by atoms with E-state index in [1.165, 1.54) is 44.2 Å². The van der Waals surface area contributed by atoms with E-state index < -0.39 is 0 Å². The number of rotatable bonds is 4. The SMILES string of the molecule is C[C@H](CN1CCOCC1(C)C)[C@H]1CC[C@H]2/C(=C/C=C3CC(O)CC(O)C3)CCC[C@]12C. The van der Waals surface area contributed by atoms with Crippen molar-refractivity contribution in [3.05, 3.63) is 23.3 Å². The second-order valence-corrected chi connectivity index (χ2v) is 11.9. The number of aliphatic hydroxyl groups is 2. The highest BCUT2D eigenvalue weighted by atomic mass is 16.5. The molecule has 0 radical (unpaired) electrons. The summed E-state index contributed by atoms with van der Waals surface area (Å²) in [4.78, 5) is 2.67. The summed E-state index contributed by atoms with van der Waals surface area (Å²) in [6, 6.07) is 0. The Morgan fingerprint density at radius 2 is 1.87 bits per heavy atom. The average molecular weight is 432 g/mol. The number of morpholine rings is 1. The number of hydrogen-bond donors (Lipinski definition) is 2. The maximum Gasteiger partial charge on any atom is 0.0645 e. The molecular formula is C27H45NO3. The van der Waals surface area contributed by atoms with Crippen LogP contribution in [-0.4, -0.2) is 59.2 Å². The van der Waals surface area contributed by atoms with Gasteiger partial charge in [-0.05, 0) is 88.4 Å². The summed E-state index contributed by atoms with van der Waals surface area (Å²) in [7, 11) is 0. The molecular weight excluding hydrogens is 386 g/mol. The number of fused-ring (bicyclic) bond motifs is 1. The van der Waals surface area contributed by atoms with Crippen molar-refractivity contribution in [2.24, 2.45) is 23.2 Å². The molecule has 4 fully saturated rings. The standard InChI is InChI=1S/C27H45NO3/c1-19(17-28-12-13-31-18-26(28,2)3)24-9-10-25-21(6-5-11-27(24,25)4)8-7-20-14-22(29)16-23(30)15-20/h7-8,19,22-25,29-30H,5-6,9-18H2,1-4H3/b20-7?,21-8+/t19-,22?,23?,24-,25+,27-/m1/s1. The molecule has 0 spiro atoms.